The lowest BCUT2D eigenvalue weighted by Crippen LogP contribution is -2.22. The molecule has 0 saturated heterocycles. The maximum Gasteiger partial charge on any atom is 0.0794 e. The Bertz CT molecular complexity index is 399. The fourth-order valence-electron chi connectivity index (χ4n) is 1.69. The van der Waals surface area contributed by atoms with Crippen molar-refractivity contribution in [3.63, 3.8) is 0 Å². The molecule has 2 heterocycles. The fourth-order valence-corrected chi connectivity index (χ4v) is 2.34. The Morgan fingerprint density at radius 1 is 1.31 bits per heavy atom. The third kappa shape index (κ3) is 2.87. The summed E-state index contributed by atoms with van der Waals surface area (Å²) >= 11 is 1.71. The van der Waals surface area contributed by atoms with Gasteiger partial charge in [-0.25, -0.2) is 0 Å². The minimum absolute atomic E-state index is 0.355. The van der Waals surface area contributed by atoms with Crippen LogP contribution in [0, 0.1) is 0 Å². The molecule has 2 aromatic rings. The highest BCUT2D eigenvalue weighted by molar-refractivity contribution is 7.09. The van der Waals surface area contributed by atoms with Crippen LogP contribution in [0.5, 0.6) is 0 Å². The van der Waals surface area contributed by atoms with Crippen LogP contribution in [0.25, 0.3) is 0 Å². The molecular weight excluding hydrogens is 218 g/mol. The third-order valence-corrected chi connectivity index (χ3v) is 3.25. The highest BCUT2D eigenvalue weighted by Gasteiger charge is 2.11. The van der Waals surface area contributed by atoms with Crippen LogP contribution in [0.3, 0.4) is 0 Å². The van der Waals surface area contributed by atoms with Gasteiger partial charge in [-0.1, -0.05) is 6.92 Å². The molecule has 0 radical (unpaired) electrons. The standard InChI is InChI=1S/C12H15N3S/c1-2-15-12(7-11-8-14-9-16-11)10-3-5-13-6-4-10/h3-6,8-9,12,15H,2,7H2,1H3. The highest BCUT2D eigenvalue weighted by Crippen LogP contribution is 2.19. The number of aromatic nitrogens is 2. The van der Waals surface area contributed by atoms with Gasteiger partial charge in [-0.15, -0.1) is 11.3 Å². The van der Waals surface area contributed by atoms with Gasteiger partial charge in [-0.05, 0) is 24.2 Å². The van der Waals surface area contributed by atoms with Crippen molar-refractivity contribution in [1.29, 1.82) is 0 Å². The van der Waals surface area contributed by atoms with Crippen LogP contribution in [0.15, 0.2) is 36.2 Å². The lowest BCUT2D eigenvalue weighted by molar-refractivity contribution is 0.552. The molecule has 84 valence electrons. The first kappa shape index (κ1) is 11.2. The summed E-state index contributed by atoms with van der Waals surface area (Å²) < 4.78 is 0. The number of pyridine rings is 1. The average molecular weight is 233 g/mol. The van der Waals surface area contributed by atoms with Gasteiger partial charge in [0.25, 0.3) is 0 Å². The summed E-state index contributed by atoms with van der Waals surface area (Å²) in [5.41, 5.74) is 3.16. The zero-order valence-electron chi connectivity index (χ0n) is 9.26. The van der Waals surface area contributed by atoms with E-state index in [0.29, 0.717) is 6.04 Å². The average Bonchev–Trinajstić information content (AvgIpc) is 2.83. The number of rotatable bonds is 5. The van der Waals surface area contributed by atoms with Crippen molar-refractivity contribution in [3.8, 4) is 0 Å². The van der Waals surface area contributed by atoms with E-state index in [1.54, 1.807) is 11.3 Å². The van der Waals surface area contributed by atoms with E-state index >= 15 is 0 Å². The molecule has 2 rings (SSSR count). The zero-order chi connectivity index (χ0) is 11.2. The number of hydrogen-bond donors (Lipinski definition) is 1. The summed E-state index contributed by atoms with van der Waals surface area (Å²) in [5, 5.41) is 3.49. The Kier molecular flexibility index (Phi) is 4.02. The zero-order valence-corrected chi connectivity index (χ0v) is 10.1. The van der Waals surface area contributed by atoms with Crippen molar-refractivity contribution in [1.82, 2.24) is 15.3 Å². The van der Waals surface area contributed by atoms with Gasteiger partial charge in [-0.2, -0.15) is 0 Å². The van der Waals surface area contributed by atoms with Gasteiger partial charge in [0.1, 0.15) is 0 Å². The second-order valence-corrected chi connectivity index (χ2v) is 4.53. The topological polar surface area (TPSA) is 37.8 Å². The van der Waals surface area contributed by atoms with E-state index in [0.717, 1.165) is 13.0 Å². The Morgan fingerprint density at radius 2 is 2.12 bits per heavy atom. The van der Waals surface area contributed by atoms with Crippen molar-refractivity contribution in [2.45, 2.75) is 19.4 Å². The monoisotopic (exact) mass is 233 g/mol. The summed E-state index contributed by atoms with van der Waals surface area (Å²) in [6.45, 7) is 3.09. The molecule has 16 heavy (non-hydrogen) atoms. The molecule has 2 aromatic heterocycles. The van der Waals surface area contributed by atoms with Gasteiger partial charge >= 0.3 is 0 Å². The van der Waals surface area contributed by atoms with Crippen LogP contribution in [-0.4, -0.2) is 16.5 Å². The SMILES string of the molecule is CCNC(Cc1cncs1)c1ccncc1. The summed E-state index contributed by atoms with van der Waals surface area (Å²) in [5.74, 6) is 0. The molecule has 0 aliphatic rings. The van der Waals surface area contributed by atoms with Crippen LogP contribution in [0.1, 0.15) is 23.4 Å². The molecule has 0 spiro atoms. The molecule has 1 atom stereocenters. The Morgan fingerprint density at radius 3 is 2.75 bits per heavy atom. The van der Waals surface area contributed by atoms with Crippen molar-refractivity contribution < 1.29 is 0 Å². The number of nitrogens with zero attached hydrogens (tertiary/aromatic N) is 2. The number of thiazole rings is 1. The number of nitrogens with one attached hydrogen (secondary N) is 1. The Labute approximate surface area is 99.6 Å². The summed E-state index contributed by atoms with van der Waals surface area (Å²) in [6.07, 6.45) is 6.61. The van der Waals surface area contributed by atoms with Gasteiger partial charge < -0.3 is 5.32 Å². The van der Waals surface area contributed by atoms with E-state index < -0.39 is 0 Å². The molecular formula is C12H15N3S. The first-order chi connectivity index (χ1) is 7.90. The molecule has 0 aliphatic carbocycles. The van der Waals surface area contributed by atoms with Crippen LogP contribution in [0.4, 0.5) is 0 Å². The van der Waals surface area contributed by atoms with Gasteiger partial charge in [0, 0.05) is 35.9 Å². The summed E-state index contributed by atoms with van der Waals surface area (Å²) in [4.78, 5) is 9.46. The molecule has 0 saturated carbocycles. The molecule has 0 bridgehead atoms. The molecule has 0 amide bonds. The maximum atomic E-state index is 4.11. The second-order valence-electron chi connectivity index (χ2n) is 3.56. The predicted octanol–water partition coefficient (Wildman–Crippen LogP) is 2.43. The molecule has 0 aromatic carbocycles. The van der Waals surface area contributed by atoms with E-state index in [4.69, 9.17) is 0 Å². The van der Waals surface area contributed by atoms with Crippen LogP contribution >= 0.6 is 11.3 Å². The molecule has 0 aliphatic heterocycles. The van der Waals surface area contributed by atoms with E-state index in [1.165, 1.54) is 10.4 Å². The van der Waals surface area contributed by atoms with Crippen molar-refractivity contribution >= 4 is 11.3 Å². The van der Waals surface area contributed by atoms with Crippen molar-refractivity contribution in [3.05, 3.63) is 46.7 Å². The molecule has 0 fully saturated rings. The van der Waals surface area contributed by atoms with Crippen LogP contribution in [0.2, 0.25) is 0 Å². The maximum absolute atomic E-state index is 4.11. The normalized spacial score (nSPS) is 12.6. The Balaban J connectivity index is 2.11. The van der Waals surface area contributed by atoms with Crippen molar-refractivity contribution in [2.24, 2.45) is 0 Å². The fraction of sp³-hybridized carbons (Fsp3) is 0.333. The quantitative estimate of drug-likeness (QED) is 0.862. The van der Waals surface area contributed by atoms with E-state index in [2.05, 4.69) is 34.3 Å². The van der Waals surface area contributed by atoms with E-state index in [-0.39, 0.29) is 0 Å². The van der Waals surface area contributed by atoms with Gasteiger partial charge in [0.2, 0.25) is 0 Å². The molecule has 4 heteroatoms. The minimum Gasteiger partial charge on any atom is -0.310 e. The lowest BCUT2D eigenvalue weighted by Gasteiger charge is -2.17. The van der Waals surface area contributed by atoms with E-state index in [1.807, 2.05) is 24.1 Å². The van der Waals surface area contributed by atoms with E-state index in [9.17, 15) is 0 Å². The van der Waals surface area contributed by atoms with Crippen LogP contribution in [-0.2, 0) is 6.42 Å². The molecule has 3 nitrogen and oxygen atoms in total. The summed E-state index contributed by atoms with van der Waals surface area (Å²) in [6, 6.07) is 4.48. The number of hydrogen-bond acceptors (Lipinski definition) is 4. The molecule has 1 unspecified atom stereocenters. The lowest BCUT2D eigenvalue weighted by atomic mass is 10.0. The third-order valence-electron chi connectivity index (χ3n) is 2.45. The first-order valence-corrected chi connectivity index (χ1v) is 6.28. The Hall–Kier alpha value is -1.26. The number of likely N-dealkylation sites (N-methyl/N-ethyl adjacent to an activating group) is 1. The second kappa shape index (κ2) is 5.72. The van der Waals surface area contributed by atoms with Crippen molar-refractivity contribution in [2.75, 3.05) is 6.54 Å². The predicted molar refractivity (Wildman–Crippen MR) is 66.5 cm³/mol. The smallest absolute Gasteiger partial charge is 0.0794 e. The molecule has 1 N–H and O–H groups in total. The largest absolute Gasteiger partial charge is 0.310 e. The first-order valence-electron chi connectivity index (χ1n) is 5.41. The van der Waals surface area contributed by atoms with Crippen LogP contribution < -0.4 is 5.32 Å². The van der Waals surface area contributed by atoms with Gasteiger partial charge in [-0.3, -0.25) is 9.97 Å². The highest BCUT2D eigenvalue weighted by atomic mass is 32.1. The summed E-state index contributed by atoms with van der Waals surface area (Å²) in [7, 11) is 0. The van der Waals surface area contributed by atoms with Gasteiger partial charge in [0.05, 0.1) is 5.51 Å². The minimum atomic E-state index is 0.355. The van der Waals surface area contributed by atoms with Gasteiger partial charge in [0.15, 0.2) is 0 Å².